The zero-order valence-electron chi connectivity index (χ0n) is 9.19. The second-order valence-electron chi connectivity index (χ2n) is 3.50. The van der Waals surface area contributed by atoms with Gasteiger partial charge in [-0.1, -0.05) is 23.2 Å². The molecular formula is C11H11Cl2NO4. The molecular weight excluding hydrogens is 281 g/mol. The molecule has 1 aromatic carbocycles. The molecule has 5 nitrogen and oxygen atoms in total. The van der Waals surface area contributed by atoms with Crippen molar-refractivity contribution in [3.8, 4) is 0 Å². The normalized spacial score (nSPS) is 11.9. The molecule has 0 aliphatic heterocycles. The van der Waals surface area contributed by atoms with Crippen LogP contribution in [0.1, 0.15) is 16.8 Å². The zero-order chi connectivity index (χ0) is 13.7. The van der Waals surface area contributed by atoms with Crippen molar-refractivity contribution in [2.45, 2.75) is 12.5 Å². The Balaban J connectivity index is 2.86. The number of aliphatic hydroxyl groups is 1. The molecule has 0 heterocycles. The first kappa shape index (κ1) is 14.8. The van der Waals surface area contributed by atoms with Gasteiger partial charge in [-0.05, 0) is 18.2 Å². The van der Waals surface area contributed by atoms with Crippen LogP contribution in [-0.2, 0) is 4.79 Å². The molecule has 0 saturated carbocycles. The number of carbonyl (C=O) groups is 2. The van der Waals surface area contributed by atoms with Crippen LogP contribution in [0.15, 0.2) is 18.2 Å². The van der Waals surface area contributed by atoms with Crippen molar-refractivity contribution < 1.29 is 19.8 Å². The quantitative estimate of drug-likeness (QED) is 0.768. The number of nitrogens with one attached hydrogen (secondary N) is 1. The Morgan fingerprint density at radius 3 is 2.56 bits per heavy atom. The van der Waals surface area contributed by atoms with Crippen LogP contribution >= 0.6 is 23.2 Å². The smallest absolute Gasteiger partial charge is 0.326 e. The van der Waals surface area contributed by atoms with E-state index in [4.69, 9.17) is 33.4 Å². The molecule has 1 rings (SSSR count). The monoisotopic (exact) mass is 291 g/mol. The maximum absolute atomic E-state index is 11.8. The molecule has 1 aromatic rings. The van der Waals surface area contributed by atoms with Gasteiger partial charge in [0.1, 0.15) is 6.04 Å². The minimum absolute atomic E-state index is 0.0841. The van der Waals surface area contributed by atoms with Crippen molar-refractivity contribution >= 4 is 35.1 Å². The highest BCUT2D eigenvalue weighted by Crippen LogP contribution is 2.20. The number of carboxylic acids is 1. The summed E-state index contributed by atoms with van der Waals surface area (Å²) in [5, 5.41) is 20.3. The molecule has 98 valence electrons. The Bertz CT molecular complexity index is 464. The van der Waals surface area contributed by atoms with Crippen molar-refractivity contribution in [3.63, 3.8) is 0 Å². The van der Waals surface area contributed by atoms with E-state index < -0.39 is 17.9 Å². The summed E-state index contributed by atoms with van der Waals surface area (Å²) < 4.78 is 0. The first-order chi connectivity index (χ1) is 8.45. The van der Waals surface area contributed by atoms with Crippen LogP contribution in [0.4, 0.5) is 0 Å². The second kappa shape index (κ2) is 6.58. The van der Waals surface area contributed by atoms with E-state index in [1.54, 1.807) is 0 Å². The van der Waals surface area contributed by atoms with Crippen LogP contribution in [0, 0.1) is 0 Å². The minimum atomic E-state index is -1.23. The van der Waals surface area contributed by atoms with Gasteiger partial charge >= 0.3 is 5.97 Å². The lowest BCUT2D eigenvalue weighted by molar-refractivity contribution is -0.139. The molecule has 0 aromatic heterocycles. The van der Waals surface area contributed by atoms with E-state index >= 15 is 0 Å². The van der Waals surface area contributed by atoms with E-state index in [0.717, 1.165) is 0 Å². The van der Waals surface area contributed by atoms with Crippen molar-refractivity contribution in [2.75, 3.05) is 6.61 Å². The lowest BCUT2D eigenvalue weighted by Gasteiger charge is -2.13. The first-order valence-corrected chi connectivity index (χ1v) is 5.81. The number of carbonyl (C=O) groups excluding carboxylic acids is 1. The summed E-state index contributed by atoms with van der Waals surface area (Å²) in [5.41, 5.74) is 0.0911. The molecule has 18 heavy (non-hydrogen) atoms. The number of hydrogen-bond donors (Lipinski definition) is 3. The third-order valence-corrected chi connectivity index (χ3v) is 2.76. The second-order valence-corrected chi connectivity index (χ2v) is 4.34. The molecule has 7 heteroatoms. The van der Waals surface area contributed by atoms with Crippen LogP contribution in [0.3, 0.4) is 0 Å². The van der Waals surface area contributed by atoms with E-state index in [9.17, 15) is 9.59 Å². The number of halogens is 2. The topological polar surface area (TPSA) is 86.6 Å². The molecule has 0 spiro atoms. The number of carboxylic acid groups (broad SMARTS) is 1. The summed E-state index contributed by atoms with van der Waals surface area (Å²) >= 11 is 11.5. The number of amides is 1. The molecule has 3 N–H and O–H groups in total. The van der Waals surface area contributed by atoms with Crippen LogP contribution in [0.5, 0.6) is 0 Å². The number of rotatable bonds is 5. The summed E-state index contributed by atoms with van der Waals surface area (Å²) in [4.78, 5) is 22.6. The lowest BCUT2D eigenvalue weighted by atomic mass is 10.1. The Morgan fingerprint density at radius 1 is 1.33 bits per heavy atom. The molecule has 1 amide bonds. The Kier molecular flexibility index (Phi) is 5.40. The van der Waals surface area contributed by atoms with Crippen molar-refractivity contribution in [2.24, 2.45) is 0 Å². The number of hydrogen-bond acceptors (Lipinski definition) is 3. The first-order valence-electron chi connectivity index (χ1n) is 5.05. The van der Waals surface area contributed by atoms with Gasteiger partial charge in [0, 0.05) is 18.1 Å². The van der Waals surface area contributed by atoms with E-state index in [1.807, 2.05) is 0 Å². The average Bonchev–Trinajstić information content (AvgIpc) is 2.31. The Labute approximate surface area is 113 Å². The zero-order valence-corrected chi connectivity index (χ0v) is 10.7. The third-order valence-electron chi connectivity index (χ3n) is 2.19. The van der Waals surface area contributed by atoms with E-state index in [0.29, 0.717) is 5.02 Å². The van der Waals surface area contributed by atoms with Crippen molar-refractivity contribution in [1.82, 2.24) is 5.32 Å². The fourth-order valence-corrected chi connectivity index (χ4v) is 1.67. The van der Waals surface area contributed by atoms with E-state index in [2.05, 4.69) is 5.32 Å². The summed E-state index contributed by atoms with van der Waals surface area (Å²) in [6.07, 6.45) is -0.0841. The van der Waals surface area contributed by atoms with Crippen LogP contribution in [0.2, 0.25) is 10.0 Å². The van der Waals surface area contributed by atoms with Gasteiger partial charge in [-0.3, -0.25) is 4.79 Å². The molecule has 1 atom stereocenters. The van der Waals surface area contributed by atoms with Gasteiger partial charge in [0.2, 0.25) is 0 Å². The predicted octanol–water partition coefficient (Wildman–Crippen LogP) is 1.56. The Morgan fingerprint density at radius 2 is 2.00 bits per heavy atom. The minimum Gasteiger partial charge on any atom is -0.480 e. The maximum atomic E-state index is 11.8. The highest BCUT2D eigenvalue weighted by atomic mass is 35.5. The standard InChI is InChI=1S/C11H11Cl2NO4/c12-6-1-2-8(13)7(5-6)10(16)14-9(3-4-15)11(17)18/h1-2,5,9,15H,3-4H2,(H,14,16)(H,17,18). The Hall–Kier alpha value is -1.30. The number of aliphatic carboxylic acids is 1. The summed E-state index contributed by atoms with van der Waals surface area (Å²) in [6.45, 7) is -0.347. The predicted molar refractivity (Wildman–Crippen MR) is 67.1 cm³/mol. The molecule has 0 aliphatic rings. The maximum Gasteiger partial charge on any atom is 0.326 e. The van der Waals surface area contributed by atoms with Crippen molar-refractivity contribution in [3.05, 3.63) is 33.8 Å². The summed E-state index contributed by atoms with van der Waals surface area (Å²) in [6, 6.07) is 3.14. The number of benzene rings is 1. The van der Waals surface area contributed by atoms with E-state index in [1.165, 1.54) is 18.2 Å². The SMILES string of the molecule is O=C(NC(CCO)C(=O)O)c1cc(Cl)ccc1Cl. The molecule has 0 fully saturated rings. The van der Waals surface area contributed by atoms with Crippen LogP contribution in [0.25, 0.3) is 0 Å². The molecule has 1 unspecified atom stereocenters. The largest absolute Gasteiger partial charge is 0.480 e. The van der Waals surface area contributed by atoms with Crippen LogP contribution in [-0.4, -0.2) is 34.7 Å². The van der Waals surface area contributed by atoms with Gasteiger partial charge in [0.25, 0.3) is 5.91 Å². The van der Waals surface area contributed by atoms with Gasteiger partial charge in [-0.25, -0.2) is 4.79 Å². The third kappa shape index (κ3) is 3.87. The van der Waals surface area contributed by atoms with Crippen LogP contribution < -0.4 is 5.32 Å². The van der Waals surface area contributed by atoms with Gasteiger partial charge < -0.3 is 15.5 Å². The van der Waals surface area contributed by atoms with Gasteiger partial charge in [-0.2, -0.15) is 0 Å². The molecule has 0 saturated heterocycles. The van der Waals surface area contributed by atoms with E-state index in [-0.39, 0.29) is 23.6 Å². The highest BCUT2D eigenvalue weighted by Gasteiger charge is 2.21. The van der Waals surface area contributed by atoms with Gasteiger partial charge in [0.05, 0.1) is 10.6 Å². The van der Waals surface area contributed by atoms with Gasteiger partial charge in [0.15, 0.2) is 0 Å². The summed E-state index contributed by atoms with van der Waals surface area (Å²) in [5.74, 6) is -1.88. The highest BCUT2D eigenvalue weighted by molar-refractivity contribution is 6.35. The summed E-state index contributed by atoms with van der Waals surface area (Å²) in [7, 11) is 0. The molecule has 0 aliphatic carbocycles. The van der Waals surface area contributed by atoms with Gasteiger partial charge in [-0.15, -0.1) is 0 Å². The molecule has 0 bridgehead atoms. The fraction of sp³-hybridized carbons (Fsp3) is 0.273. The van der Waals surface area contributed by atoms with Crippen molar-refractivity contribution in [1.29, 1.82) is 0 Å². The lowest BCUT2D eigenvalue weighted by Crippen LogP contribution is -2.41. The average molecular weight is 292 g/mol. The fourth-order valence-electron chi connectivity index (χ4n) is 1.29. The molecule has 0 radical (unpaired) electrons. The number of aliphatic hydroxyl groups excluding tert-OH is 1.